The zero-order valence-corrected chi connectivity index (χ0v) is 9.21. The van der Waals surface area contributed by atoms with E-state index in [9.17, 15) is 0 Å². The van der Waals surface area contributed by atoms with Crippen molar-refractivity contribution in [1.82, 2.24) is 4.98 Å². The summed E-state index contributed by atoms with van der Waals surface area (Å²) in [6.07, 6.45) is 2.23. The molecule has 15 heavy (non-hydrogen) atoms. The highest BCUT2D eigenvalue weighted by Gasteiger charge is 2.15. The number of ether oxygens (including phenoxy) is 1. The van der Waals surface area contributed by atoms with Crippen molar-refractivity contribution in [3.05, 3.63) is 12.1 Å². The largest absolute Gasteiger partial charge is 0.481 e. The Balaban J connectivity index is 2.27. The molecular formula is C11H17N3O. The van der Waals surface area contributed by atoms with E-state index in [0.29, 0.717) is 11.9 Å². The fourth-order valence-corrected chi connectivity index (χ4v) is 1.76. The summed E-state index contributed by atoms with van der Waals surface area (Å²) < 4.78 is 5.11. The summed E-state index contributed by atoms with van der Waals surface area (Å²) in [6, 6.07) is 4.38. The van der Waals surface area contributed by atoms with Crippen molar-refractivity contribution in [3.8, 4) is 5.88 Å². The molecule has 1 unspecified atom stereocenters. The second kappa shape index (κ2) is 4.38. The number of nitrogens with one attached hydrogen (secondary N) is 2. The summed E-state index contributed by atoms with van der Waals surface area (Å²) >= 11 is 0. The molecule has 1 aliphatic heterocycles. The van der Waals surface area contributed by atoms with Gasteiger partial charge in [-0.05, 0) is 18.9 Å². The van der Waals surface area contributed by atoms with Crippen LogP contribution in [-0.4, -0.2) is 24.7 Å². The maximum atomic E-state index is 5.11. The first-order valence-corrected chi connectivity index (χ1v) is 5.39. The molecule has 2 rings (SSSR count). The third-order valence-electron chi connectivity index (χ3n) is 2.72. The lowest BCUT2D eigenvalue weighted by Crippen LogP contribution is -2.18. The van der Waals surface area contributed by atoms with Gasteiger partial charge in [0.1, 0.15) is 0 Å². The lowest BCUT2D eigenvalue weighted by atomic mass is 10.1. The van der Waals surface area contributed by atoms with Gasteiger partial charge in [0.2, 0.25) is 5.88 Å². The van der Waals surface area contributed by atoms with Crippen LogP contribution >= 0.6 is 0 Å². The van der Waals surface area contributed by atoms with E-state index in [1.165, 1.54) is 0 Å². The molecule has 0 saturated carbocycles. The van der Waals surface area contributed by atoms with E-state index in [-0.39, 0.29) is 0 Å². The summed E-state index contributed by atoms with van der Waals surface area (Å²) in [5, 5.41) is 6.79. The molecular weight excluding hydrogens is 190 g/mol. The van der Waals surface area contributed by atoms with Crippen LogP contribution in [0.4, 0.5) is 11.5 Å². The minimum absolute atomic E-state index is 0.498. The van der Waals surface area contributed by atoms with E-state index in [1.54, 1.807) is 7.11 Å². The molecule has 0 spiro atoms. The Kier molecular flexibility index (Phi) is 2.94. The first kappa shape index (κ1) is 10.1. The Bertz CT molecular complexity index is 341. The van der Waals surface area contributed by atoms with Crippen LogP contribution in [-0.2, 0) is 0 Å². The van der Waals surface area contributed by atoms with E-state index in [0.717, 1.165) is 30.9 Å². The molecule has 0 bridgehead atoms. The first-order valence-electron chi connectivity index (χ1n) is 5.39. The second-order valence-corrected chi connectivity index (χ2v) is 3.71. The Morgan fingerprint density at radius 3 is 3.13 bits per heavy atom. The molecule has 2 N–H and O–H groups in total. The SMILES string of the molecule is CCC1CCNc2ccc(OC)nc2N1. The van der Waals surface area contributed by atoms with Crippen LogP contribution < -0.4 is 15.4 Å². The highest BCUT2D eigenvalue weighted by molar-refractivity contribution is 5.66. The van der Waals surface area contributed by atoms with Crippen molar-refractivity contribution in [2.24, 2.45) is 0 Å². The monoisotopic (exact) mass is 207 g/mol. The highest BCUT2D eigenvalue weighted by atomic mass is 16.5. The molecule has 4 heteroatoms. The summed E-state index contributed by atoms with van der Waals surface area (Å²) in [7, 11) is 1.64. The van der Waals surface area contributed by atoms with E-state index in [2.05, 4.69) is 22.5 Å². The number of pyridine rings is 1. The topological polar surface area (TPSA) is 46.2 Å². The normalized spacial score (nSPS) is 19.5. The molecule has 0 aromatic carbocycles. The van der Waals surface area contributed by atoms with Gasteiger partial charge in [-0.15, -0.1) is 0 Å². The third kappa shape index (κ3) is 2.14. The smallest absolute Gasteiger partial charge is 0.215 e. The van der Waals surface area contributed by atoms with Crippen molar-refractivity contribution in [2.75, 3.05) is 24.3 Å². The molecule has 82 valence electrons. The first-order chi connectivity index (χ1) is 7.33. The Hall–Kier alpha value is -1.45. The molecule has 0 amide bonds. The summed E-state index contributed by atoms with van der Waals surface area (Å²) in [5.74, 6) is 1.55. The number of aromatic nitrogens is 1. The number of rotatable bonds is 2. The van der Waals surface area contributed by atoms with Crippen molar-refractivity contribution in [3.63, 3.8) is 0 Å². The van der Waals surface area contributed by atoms with Crippen LogP contribution in [0.25, 0.3) is 0 Å². The van der Waals surface area contributed by atoms with Gasteiger partial charge >= 0.3 is 0 Å². The minimum Gasteiger partial charge on any atom is -0.481 e. The molecule has 0 aliphatic carbocycles. The standard InChI is InChI=1S/C11H17N3O/c1-3-8-6-7-12-9-4-5-10(15-2)14-11(9)13-8/h4-5,8,12H,3,6-7H2,1-2H3,(H,13,14). The quantitative estimate of drug-likeness (QED) is 0.779. The number of anilines is 2. The lowest BCUT2D eigenvalue weighted by molar-refractivity contribution is 0.398. The molecule has 4 nitrogen and oxygen atoms in total. The van der Waals surface area contributed by atoms with Crippen molar-refractivity contribution in [1.29, 1.82) is 0 Å². The van der Waals surface area contributed by atoms with Crippen LogP contribution in [0.5, 0.6) is 5.88 Å². The van der Waals surface area contributed by atoms with Gasteiger partial charge in [0.15, 0.2) is 5.82 Å². The zero-order chi connectivity index (χ0) is 10.7. The van der Waals surface area contributed by atoms with E-state index >= 15 is 0 Å². The van der Waals surface area contributed by atoms with Gasteiger partial charge in [-0.25, -0.2) is 0 Å². The average molecular weight is 207 g/mol. The Labute approximate surface area is 90.0 Å². The molecule has 0 fully saturated rings. The van der Waals surface area contributed by atoms with Gasteiger partial charge in [0.05, 0.1) is 12.8 Å². The Morgan fingerprint density at radius 1 is 1.53 bits per heavy atom. The number of hydrogen-bond donors (Lipinski definition) is 2. The Morgan fingerprint density at radius 2 is 2.40 bits per heavy atom. The number of nitrogens with zero attached hydrogens (tertiary/aromatic N) is 1. The second-order valence-electron chi connectivity index (χ2n) is 3.71. The van der Waals surface area contributed by atoms with E-state index < -0.39 is 0 Å². The van der Waals surface area contributed by atoms with Crippen LogP contribution in [0.15, 0.2) is 12.1 Å². The summed E-state index contributed by atoms with van der Waals surface area (Å²) in [6.45, 7) is 3.18. The third-order valence-corrected chi connectivity index (χ3v) is 2.72. The highest BCUT2D eigenvalue weighted by Crippen LogP contribution is 2.26. The molecule has 1 aromatic rings. The van der Waals surface area contributed by atoms with Gasteiger partial charge < -0.3 is 15.4 Å². The van der Waals surface area contributed by atoms with E-state index in [1.807, 2.05) is 12.1 Å². The van der Waals surface area contributed by atoms with Crippen LogP contribution in [0.3, 0.4) is 0 Å². The predicted molar refractivity (Wildman–Crippen MR) is 61.6 cm³/mol. The van der Waals surface area contributed by atoms with Gasteiger partial charge in [-0.3, -0.25) is 0 Å². The molecule has 0 radical (unpaired) electrons. The van der Waals surface area contributed by atoms with Crippen molar-refractivity contribution < 1.29 is 4.74 Å². The summed E-state index contributed by atoms with van der Waals surface area (Å²) in [5.41, 5.74) is 1.06. The maximum absolute atomic E-state index is 5.11. The zero-order valence-electron chi connectivity index (χ0n) is 9.21. The van der Waals surface area contributed by atoms with Gasteiger partial charge in [0, 0.05) is 18.7 Å². The fourth-order valence-electron chi connectivity index (χ4n) is 1.76. The van der Waals surface area contributed by atoms with Crippen molar-refractivity contribution >= 4 is 11.5 Å². The predicted octanol–water partition coefficient (Wildman–Crippen LogP) is 2.10. The van der Waals surface area contributed by atoms with Gasteiger partial charge in [0.25, 0.3) is 0 Å². The number of fused-ring (bicyclic) bond motifs is 1. The minimum atomic E-state index is 0.498. The van der Waals surface area contributed by atoms with E-state index in [4.69, 9.17) is 4.74 Å². The number of methoxy groups -OCH3 is 1. The van der Waals surface area contributed by atoms with Crippen LogP contribution in [0, 0.1) is 0 Å². The van der Waals surface area contributed by atoms with Crippen molar-refractivity contribution in [2.45, 2.75) is 25.8 Å². The van der Waals surface area contributed by atoms with Gasteiger partial charge in [-0.2, -0.15) is 4.98 Å². The lowest BCUT2D eigenvalue weighted by Gasteiger charge is -2.14. The molecule has 0 saturated heterocycles. The fraction of sp³-hybridized carbons (Fsp3) is 0.545. The van der Waals surface area contributed by atoms with Gasteiger partial charge in [-0.1, -0.05) is 6.92 Å². The average Bonchev–Trinajstić information content (AvgIpc) is 2.49. The molecule has 2 heterocycles. The maximum Gasteiger partial charge on any atom is 0.215 e. The van der Waals surface area contributed by atoms with Crippen LogP contribution in [0.2, 0.25) is 0 Å². The number of hydrogen-bond acceptors (Lipinski definition) is 4. The molecule has 1 aromatic heterocycles. The molecule has 1 atom stereocenters. The summed E-state index contributed by atoms with van der Waals surface area (Å²) in [4.78, 5) is 4.39. The molecule has 1 aliphatic rings. The van der Waals surface area contributed by atoms with Crippen LogP contribution in [0.1, 0.15) is 19.8 Å².